The molecule has 0 aliphatic rings. The maximum Gasteiger partial charge on any atom is 0.425 e. The van der Waals surface area contributed by atoms with Gasteiger partial charge in [-0.1, -0.05) is 26.2 Å². The van der Waals surface area contributed by atoms with Gasteiger partial charge in [-0.3, -0.25) is 0 Å². The molecule has 1 aromatic heterocycles. The first kappa shape index (κ1) is 12.6. The predicted molar refractivity (Wildman–Crippen MR) is 57.2 cm³/mol. The lowest BCUT2D eigenvalue weighted by molar-refractivity contribution is -0.134. The third-order valence-electron chi connectivity index (χ3n) is 2.30. The van der Waals surface area contributed by atoms with Gasteiger partial charge in [0.2, 0.25) is 0 Å². The molecule has 0 nitrogen and oxygen atoms in total. The van der Waals surface area contributed by atoms with E-state index in [1.165, 1.54) is 5.38 Å². The van der Waals surface area contributed by atoms with Crippen molar-refractivity contribution in [1.82, 2.24) is 0 Å². The minimum Gasteiger partial charge on any atom is -0.165 e. The van der Waals surface area contributed by atoms with E-state index in [0.29, 0.717) is 12.0 Å². The first-order valence-electron chi connectivity index (χ1n) is 5.19. The van der Waals surface area contributed by atoms with Gasteiger partial charge in [0, 0.05) is 0 Å². The zero-order valence-corrected chi connectivity index (χ0v) is 9.55. The van der Waals surface area contributed by atoms with Gasteiger partial charge in [-0.15, -0.1) is 11.3 Å². The van der Waals surface area contributed by atoms with E-state index < -0.39 is 11.1 Å². The van der Waals surface area contributed by atoms with E-state index in [4.69, 9.17) is 0 Å². The summed E-state index contributed by atoms with van der Waals surface area (Å²) >= 11 is 0.795. The molecule has 0 aliphatic heterocycles. The minimum atomic E-state index is -4.17. The largest absolute Gasteiger partial charge is 0.425 e. The third-order valence-corrected chi connectivity index (χ3v) is 3.31. The van der Waals surface area contributed by atoms with Crippen LogP contribution in [0.25, 0.3) is 0 Å². The molecule has 0 N–H and O–H groups in total. The molecule has 0 unspecified atom stereocenters. The molecular weight excluding hydrogens is 221 g/mol. The lowest BCUT2D eigenvalue weighted by atomic mass is 10.1. The standard InChI is InChI=1S/C11H15F3S/c1-2-3-4-5-6-9-7-8-15-10(9)11(12,13)14/h7-8H,2-6H2,1H3. The van der Waals surface area contributed by atoms with Gasteiger partial charge >= 0.3 is 6.18 Å². The quantitative estimate of drug-likeness (QED) is 0.638. The highest BCUT2D eigenvalue weighted by Crippen LogP contribution is 2.36. The molecule has 0 saturated carbocycles. The molecule has 0 aliphatic carbocycles. The molecular formula is C11H15F3S. The Morgan fingerprint density at radius 1 is 1.20 bits per heavy atom. The van der Waals surface area contributed by atoms with Crippen molar-refractivity contribution in [3.05, 3.63) is 21.9 Å². The molecule has 0 bridgehead atoms. The zero-order chi connectivity index (χ0) is 11.3. The molecule has 1 rings (SSSR count). The van der Waals surface area contributed by atoms with Gasteiger partial charge in [-0.2, -0.15) is 13.2 Å². The van der Waals surface area contributed by atoms with Crippen LogP contribution < -0.4 is 0 Å². The van der Waals surface area contributed by atoms with Gasteiger partial charge in [0.15, 0.2) is 0 Å². The van der Waals surface area contributed by atoms with Crippen molar-refractivity contribution in [2.45, 2.75) is 45.2 Å². The Morgan fingerprint density at radius 3 is 2.53 bits per heavy atom. The number of aryl methyl sites for hydroxylation is 1. The van der Waals surface area contributed by atoms with Crippen molar-refractivity contribution >= 4 is 11.3 Å². The molecule has 1 aromatic rings. The number of halogens is 3. The van der Waals surface area contributed by atoms with E-state index in [-0.39, 0.29) is 0 Å². The normalized spacial score (nSPS) is 12.0. The van der Waals surface area contributed by atoms with Gasteiger partial charge in [-0.25, -0.2) is 0 Å². The van der Waals surface area contributed by atoms with Crippen LogP contribution in [0.5, 0.6) is 0 Å². The number of hydrogen-bond donors (Lipinski definition) is 0. The second-order valence-corrected chi connectivity index (χ2v) is 4.50. The maximum absolute atomic E-state index is 12.5. The fraction of sp³-hybridized carbons (Fsp3) is 0.636. The number of unbranched alkanes of at least 4 members (excludes halogenated alkanes) is 3. The smallest absolute Gasteiger partial charge is 0.165 e. The number of rotatable bonds is 5. The minimum absolute atomic E-state index is 0.418. The first-order chi connectivity index (χ1) is 7.05. The highest BCUT2D eigenvalue weighted by atomic mass is 32.1. The van der Waals surface area contributed by atoms with Gasteiger partial charge in [0.25, 0.3) is 0 Å². The van der Waals surface area contributed by atoms with Crippen LogP contribution in [0.1, 0.15) is 43.0 Å². The molecule has 4 heteroatoms. The molecule has 0 atom stereocenters. The summed E-state index contributed by atoms with van der Waals surface area (Å²) in [6.45, 7) is 2.09. The van der Waals surface area contributed by atoms with E-state index in [2.05, 4.69) is 6.92 Å². The van der Waals surface area contributed by atoms with E-state index in [1.54, 1.807) is 6.07 Å². The molecule has 15 heavy (non-hydrogen) atoms. The average Bonchev–Trinajstić information content (AvgIpc) is 2.59. The molecule has 0 aromatic carbocycles. The van der Waals surface area contributed by atoms with Crippen molar-refractivity contribution in [2.24, 2.45) is 0 Å². The van der Waals surface area contributed by atoms with Crippen LogP contribution >= 0.6 is 11.3 Å². The van der Waals surface area contributed by atoms with Crippen LogP contribution in [0.2, 0.25) is 0 Å². The molecule has 0 spiro atoms. The maximum atomic E-state index is 12.5. The van der Waals surface area contributed by atoms with Crippen LogP contribution in [-0.4, -0.2) is 0 Å². The van der Waals surface area contributed by atoms with Crippen molar-refractivity contribution in [1.29, 1.82) is 0 Å². The van der Waals surface area contributed by atoms with Crippen molar-refractivity contribution < 1.29 is 13.2 Å². The van der Waals surface area contributed by atoms with Gasteiger partial charge in [0.1, 0.15) is 4.88 Å². The number of thiophene rings is 1. The Morgan fingerprint density at radius 2 is 1.93 bits per heavy atom. The second-order valence-electron chi connectivity index (χ2n) is 3.58. The Hall–Kier alpha value is -0.510. The van der Waals surface area contributed by atoms with Crippen LogP contribution in [-0.2, 0) is 12.6 Å². The van der Waals surface area contributed by atoms with Gasteiger partial charge in [0.05, 0.1) is 0 Å². The third kappa shape index (κ3) is 3.86. The van der Waals surface area contributed by atoms with E-state index in [1.807, 2.05) is 0 Å². The zero-order valence-electron chi connectivity index (χ0n) is 8.73. The Balaban J connectivity index is 2.51. The van der Waals surface area contributed by atoms with Crippen LogP contribution in [0.3, 0.4) is 0 Å². The van der Waals surface area contributed by atoms with Gasteiger partial charge < -0.3 is 0 Å². The summed E-state index contributed by atoms with van der Waals surface area (Å²) in [5.41, 5.74) is 0.462. The summed E-state index contributed by atoms with van der Waals surface area (Å²) in [6, 6.07) is 1.60. The highest BCUT2D eigenvalue weighted by molar-refractivity contribution is 7.10. The lowest BCUT2D eigenvalue weighted by Crippen LogP contribution is -2.05. The van der Waals surface area contributed by atoms with Crippen LogP contribution in [0, 0.1) is 0 Å². The average molecular weight is 236 g/mol. The van der Waals surface area contributed by atoms with E-state index >= 15 is 0 Å². The molecule has 0 radical (unpaired) electrons. The lowest BCUT2D eigenvalue weighted by Gasteiger charge is -2.07. The fourth-order valence-electron chi connectivity index (χ4n) is 1.52. The predicted octanol–water partition coefficient (Wildman–Crippen LogP) is 4.89. The monoisotopic (exact) mass is 236 g/mol. The summed E-state index contributed by atoms with van der Waals surface area (Å²) in [6.07, 6.45) is 0.463. The van der Waals surface area contributed by atoms with E-state index in [9.17, 15) is 13.2 Å². The summed E-state index contributed by atoms with van der Waals surface area (Å²) in [7, 11) is 0. The van der Waals surface area contributed by atoms with Crippen molar-refractivity contribution in [2.75, 3.05) is 0 Å². The SMILES string of the molecule is CCCCCCc1ccsc1C(F)(F)F. The number of alkyl halides is 3. The van der Waals surface area contributed by atoms with Gasteiger partial charge in [-0.05, 0) is 29.9 Å². The fourth-order valence-corrected chi connectivity index (χ4v) is 2.35. The summed E-state index contributed by atoms with van der Waals surface area (Å²) < 4.78 is 37.4. The summed E-state index contributed by atoms with van der Waals surface area (Å²) in [4.78, 5) is -0.418. The topological polar surface area (TPSA) is 0 Å². The molecule has 1 heterocycles. The number of hydrogen-bond acceptors (Lipinski definition) is 1. The molecule has 86 valence electrons. The molecule has 0 amide bonds. The molecule has 0 saturated heterocycles. The summed E-state index contributed by atoms with van der Waals surface area (Å²) in [5, 5.41) is 1.53. The van der Waals surface area contributed by atoms with Crippen LogP contribution in [0.15, 0.2) is 11.4 Å². The Bertz CT molecular complexity index is 288. The first-order valence-corrected chi connectivity index (χ1v) is 6.07. The van der Waals surface area contributed by atoms with Crippen LogP contribution in [0.4, 0.5) is 13.2 Å². The highest BCUT2D eigenvalue weighted by Gasteiger charge is 2.34. The van der Waals surface area contributed by atoms with Crippen molar-refractivity contribution in [3.63, 3.8) is 0 Å². The summed E-state index contributed by atoms with van der Waals surface area (Å²) in [5.74, 6) is 0. The Kier molecular flexibility index (Phi) is 4.64. The van der Waals surface area contributed by atoms with E-state index in [0.717, 1.165) is 37.0 Å². The second kappa shape index (κ2) is 5.54. The molecule has 0 fully saturated rings. The van der Waals surface area contributed by atoms with Crippen molar-refractivity contribution in [3.8, 4) is 0 Å². The Labute approximate surface area is 92.1 Å².